The number of hydrogen-bond acceptors (Lipinski definition) is 6. The van der Waals surface area contributed by atoms with Crippen LogP contribution in [0.3, 0.4) is 0 Å². The van der Waals surface area contributed by atoms with Gasteiger partial charge >= 0.3 is 5.97 Å². The maximum Gasteiger partial charge on any atom is 0.323 e. The molecule has 28 heavy (non-hydrogen) atoms. The Morgan fingerprint density at radius 3 is 2.82 bits per heavy atom. The zero-order chi connectivity index (χ0) is 19.7. The highest BCUT2D eigenvalue weighted by atomic mass is 32.2. The van der Waals surface area contributed by atoms with Gasteiger partial charge in [0.25, 0.3) is 5.56 Å². The SMILES string of the molecule is CCCn1c(SC(C(=O)OC)c2ccccc2)nc2sc3c(c2c1=O)CCC3. The van der Waals surface area contributed by atoms with E-state index in [-0.39, 0.29) is 11.5 Å². The average Bonchev–Trinajstić information content (AvgIpc) is 3.29. The van der Waals surface area contributed by atoms with Crippen LogP contribution < -0.4 is 5.56 Å². The highest BCUT2D eigenvalue weighted by molar-refractivity contribution is 8.00. The first-order valence-corrected chi connectivity index (χ1v) is 11.2. The van der Waals surface area contributed by atoms with Crippen molar-refractivity contribution in [2.75, 3.05) is 7.11 Å². The molecule has 0 aliphatic heterocycles. The van der Waals surface area contributed by atoms with Crippen LogP contribution in [0.25, 0.3) is 10.2 Å². The van der Waals surface area contributed by atoms with Crippen LogP contribution in [-0.2, 0) is 28.9 Å². The molecular weight excluding hydrogens is 392 g/mol. The summed E-state index contributed by atoms with van der Waals surface area (Å²) in [6.45, 7) is 2.62. The predicted octanol–water partition coefficient (Wildman–Crippen LogP) is 4.36. The summed E-state index contributed by atoms with van der Waals surface area (Å²) in [5, 5.41) is 0.800. The van der Waals surface area contributed by atoms with Crippen molar-refractivity contribution in [1.82, 2.24) is 9.55 Å². The Balaban J connectivity index is 1.83. The predicted molar refractivity (Wildman–Crippen MR) is 113 cm³/mol. The molecule has 2 heterocycles. The maximum absolute atomic E-state index is 13.3. The topological polar surface area (TPSA) is 61.2 Å². The minimum Gasteiger partial charge on any atom is -0.468 e. The summed E-state index contributed by atoms with van der Waals surface area (Å²) < 4.78 is 6.77. The van der Waals surface area contributed by atoms with Gasteiger partial charge in [0.15, 0.2) is 5.16 Å². The van der Waals surface area contributed by atoms with E-state index in [1.807, 2.05) is 37.3 Å². The van der Waals surface area contributed by atoms with Gasteiger partial charge in [-0.15, -0.1) is 11.3 Å². The van der Waals surface area contributed by atoms with E-state index in [0.29, 0.717) is 11.7 Å². The van der Waals surface area contributed by atoms with Gasteiger partial charge in [0.05, 0.1) is 12.5 Å². The first kappa shape index (κ1) is 19.2. The molecule has 0 fully saturated rings. The molecule has 1 unspecified atom stereocenters. The highest BCUT2D eigenvalue weighted by Gasteiger charge is 2.28. The Labute approximate surface area is 171 Å². The van der Waals surface area contributed by atoms with E-state index in [4.69, 9.17) is 9.72 Å². The third-order valence-electron chi connectivity index (χ3n) is 4.98. The number of aryl methyl sites for hydroxylation is 2. The lowest BCUT2D eigenvalue weighted by molar-refractivity contribution is -0.140. The van der Waals surface area contributed by atoms with Crippen molar-refractivity contribution in [1.29, 1.82) is 0 Å². The van der Waals surface area contributed by atoms with Gasteiger partial charge in [-0.3, -0.25) is 14.2 Å². The number of rotatable bonds is 6. The third-order valence-corrected chi connectivity index (χ3v) is 7.39. The molecule has 0 spiro atoms. The van der Waals surface area contributed by atoms with Crippen molar-refractivity contribution < 1.29 is 9.53 Å². The number of esters is 1. The van der Waals surface area contributed by atoms with Gasteiger partial charge in [0.2, 0.25) is 0 Å². The molecule has 0 saturated heterocycles. The molecule has 5 nitrogen and oxygen atoms in total. The number of methoxy groups -OCH3 is 1. The lowest BCUT2D eigenvalue weighted by atomic mass is 10.1. The fourth-order valence-corrected chi connectivity index (χ4v) is 6.11. The Kier molecular flexibility index (Phi) is 5.55. The Hall–Kier alpha value is -2.12. The molecule has 0 N–H and O–H groups in total. The van der Waals surface area contributed by atoms with Crippen LogP contribution in [0.15, 0.2) is 40.3 Å². The fourth-order valence-electron chi connectivity index (χ4n) is 3.66. The molecule has 0 amide bonds. The van der Waals surface area contributed by atoms with Crippen LogP contribution in [0, 0.1) is 0 Å². The summed E-state index contributed by atoms with van der Waals surface area (Å²) in [4.78, 5) is 32.7. The van der Waals surface area contributed by atoms with Gasteiger partial charge in [-0.05, 0) is 36.8 Å². The zero-order valence-electron chi connectivity index (χ0n) is 15.9. The number of carbonyl (C=O) groups is 1. The Morgan fingerprint density at radius 1 is 1.32 bits per heavy atom. The number of hydrogen-bond donors (Lipinski definition) is 0. The summed E-state index contributed by atoms with van der Waals surface area (Å²) in [5.74, 6) is -0.345. The standard InChI is InChI=1S/C21H22N2O3S2/c1-3-12-23-19(24)16-14-10-7-11-15(14)27-18(16)22-21(23)28-17(20(25)26-2)13-8-5-4-6-9-13/h4-6,8-9,17H,3,7,10-12H2,1-2H3. The Bertz CT molecular complexity index is 1070. The molecule has 1 aliphatic carbocycles. The van der Waals surface area contributed by atoms with Crippen LogP contribution in [0.5, 0.6) is 0 Å². The van der Waals surface area contributed by atoms with Crippen LogP contribution in [0.4, 0.5) is 0 Å². The molecule has 2 aromatic heterocycles. The van der Waals surface area contributed by atoms with E-state index in [0.717, 1.165) is 41.5 Å². The molecule has 0 saturated carbocycles. The average molecular weight is 415 g/mol. The normalized spacial score (nSPS) is 14.2. The van der Waals surface area contributed by atoms with Crippen molar-refractivity contribution in [3.05, 3.63) is 56.7 Å². The van der Waals surface area contributed by atoms with E-state index in [1.54, 1.807) is 15.9 Å². The maximum atomic E-state index is 13.3. The molecule has 7 heteroatoms. The number of carbonyl (C=O) groups excluding carboxylic acids is 1. The number of fused-ring (bicyclic) bond motifs is 3. The number of nitrogens with zero attached hydrogens (tertiary/aromatic N) is 2. The number of ether oxygens (including phenoxy) is 1. The molecule has 146 valence electrons. The molecule has 3 aromatic rings. The molecule has 4 rings (SSSR count). The number of aromatic nitrogens is 2. The summed E-state index contributed by atoms with van der Waals surface area (Å²) >= 11 is 2.92. The number of benzene rings is 1. The molecule has 0 radical (unpaired) electrons. The van der Waals surface area contributed by atoms with Crippen LogP contribution in [0.1, 0.15) is 41.0 Å². The van der Waals surface area contributed by atoms with Crippen molar-refractivity contribution >= 4 is 39.3 Å². The lowest BCUT2D eigenvalue weighted by Crippen LogP contribution is -2.24. The lowest BCUT2D eigenvalue weighted by Gasteiger charge is -2.17. The fraction of sp³-hybridized carbons (Fsp3) is 0.381. The quantitative estimate of drug-likeness (QED) is 0.341. The van der Waals surface area contributed by atoms with Gasteiger partial charge in [-0.2, -0.15) is 0 Å². The van der Waals surface area contributed by atoms with Crippen molar-refractivity contribution in [2.45, 2.75) is 49.6 Å². The van der Waals surface area contributed by atoms with E-state index in [9.17, 15) is 9.59 Å². The van der Waals surface area contributed by atoms with Gasteiger partial charge in [0, 0.05) is 11.4 Å². The van der Waals surface area contributed by atoms with E-state index in [2.05, 4.69) is 0 Å². The van der Waals surface area contributed by atoms with E-state index >= 15 is 0 Å². The second-order valence-corrected chi connectivity index (χ2v) is 8.98. The molecular formula is C21H22N2O3S2. The van der Waals surface area contributed by atoms with Crippen molar-refractivity contribution in [3.63, 3.8) is 0 Å². The summed E-state index contributed by atoms with van der Waals surface area (Å²) in [7, 11) is 1.39. The van der Waals surface area contributed by atoms with Crippen LogP contribution in [-0.4, -0.2) is 22.6 Å². The largest absolute Gasteiger partial charge is 0.468 e. The first-order valence-electron chi connectivity index (χ1n) is 9.48. The number of thiophene rings is 1. The zero-order valence-corrected chi connectivity index (χ0v) is 17.6. The summed E-state index contributed by atoms with van der Waals surface area (Å²) in [6.07, 6.45) is 3.92. The van der Waals surface area contributed by atoms with Crippen molar-refractivity contribution in [3.8, 4) is 0 Å². The molecule has 0 bridgehead atoms. The van der Waals surface area contributed by atoms with Gasteiger partial charge < -0.3 is 4.74 Å². The van der Waals surface area contributed by atoms with Gasteiger partial charge in [-0.25, -0.2) is 4.98 Å². The van der Waals surface area contributed by atoms with Crippen molar-refractivity contribution in [2.24, 2.45) is 0 Å². The van der Waals surface area contributed by atoms with Gasteiger partial charge in [0.1, 0.15) is 10.1 Å². The first-order chi connectivity index (χ1) is 13.6. The van der Waals surface area contributed by atoms with Crippen LogP contribution >= 0.6 is 23.1 Å². The second-order valence-electron chi connectivity index (χ2n) is 6.82. The molecule has 1 atom stereocenters. The molecule has 1 aromatic carbocycles. The van der Waals surface area contributed by atoms with E-state index in [1.165, 1.54) is 29.3 Å². The molecule has 1 aliphatic rings. The second kappa shape index (κ2) is 8.09. The minimum atomic E-state index is -0.564. The van der Waals surface area contributed by atoms with Gasteiger partial charge in [-0.1, -0.05) is 49.0 Å². The summed E-state index contributed by atoms with van der Waals surface area (Å²) in [5.41, 5.74) is 2.04. The Morgan fingerprint density at radius 2 is 2.11 bits per heavy atom. The number of thioether (sulfide) groups is 1. The highest BCUT2D eigenvalue weighted by Crippen LogP contribution is 2.39. The third kappa shape index (κ3) is 3.37. The smallest absolute Gasteiger partial charge is 0.323 e. The van der Waals surface area contributed by atoms with Crippen LogP contribution in [0.2, 0.25) is 0 Å². The monoisotopic (exact) mass is 414 g/mol. The van der Waals surface area contributed by atoms with E-state index < -0.39 is 5.25 Å². The minimum absolute atomic E-state index is 0.0189. The summed E-state index contributed by atoms with van der Waals surface area (Å²) in [6, 6.07) is 9.49.